The number of aromatic nitrogens is 2. The van der Waals surface area contributed by atoms with Gasteiger partial charge in [0.05, 0.1) is 6.04 Å². The zero-order valence-electron chi connectivity index (χ0n) is 11.8. The number of anilines is 1. The van der Waals surface area contributed by atoms with Crippen LogP contribution < -0.4 is 10.9 Å². The Morgan fingerprint density at radius 2 is 2.00 bits per heavy atom. The third-order valence-electron chi connectivity index (χ3n) is 2.82. The highest BCUT2D eigenvalue weighted by atomic mass is 16.2. The van der Waals surface area contributed by atoms with Crippen LogP contribution in [-0.2, 0) is 0 Å². The fourth-order valence-corrected chi connectivity index (χ4v) is 1.83. The van der Waals surface area contributed by atoms with Gasteiger partial charge in [0.15, 0.2) is 0 Å². The van der Waals surface area contributed by atoms with Crippen LogP contribution in [0.2, 0.25) is 0 Å². The molecule has 0 saturated carbocycles. The Bertz CT molecular complexity index is 690. The van der Waals surface area contributed by atoms with Gasteiger partial charge in [-0.1, -0.05) is 12.1 Å². The van der Waals surface area contributed by atoms with E-state index in [4.69, 9.17) is 0 Å². The Balaban J connectivity index is 2.26. The molecule has 20 heavy (non-hydrogen) atoms. The van der Waals surface area contributed by atoms with Gasteiger partial charge in [-0.2, -0.15) is 5.10 Å². The first-order chi connectivity index (χ1) is 9.47. The lowest BCUT2D eigenvalue weighted by atomic mass is 10.2. The summed E-state index contributed by atoms with van der Waals surface area (Å²) in [4.78, 5) is 23.7. The maximum atomic E-state index is 12.1. The average Bonchev–Trinajstić information content (AvgIpc) is 2.38. The van der Waals surface area contributed by atoms with Crippen molar-refractivity contribution < 1.29 is 4.79 Å². The largest absolute Gasteiger partial charge is 0.321 e. The summed E-state index contributed by atoms with van der Waals surface area (Å²) in [6.07, 6.45) is 0. The summed E-state index contributed by atoms with van der Waals surface area (Å²) >= 11 is 0. The molecule has 1 N–H and O–H groups in total. The van der Waals surface area contributed by atoms with Gasteiger partial charge < -0.3 is 5.32 Å². The van der Waals surface area contributed by atoms with Crippen LogP contribution in [-0.4, -0.2) is 15.7 Å². The number of hydrogen-bond donors (Lipinski definition) is 1. The number of carbonyl (C=O) groups excluding carboxylic acids is 1. The number of rotatable bonds is 3. The number of nitrogens with zero attached hydrogens (tertiary/aromatic N) is 2. The molecule has 1 heterocycles. The first-order valence-electron chi connectivity index (χ1n) is 6.45. The highest BCUT2D eigenvalue weighted by Gasteiger charge is 2.11. The number of nitrogens with one attached hydrogen (secondary N) is 1. The topological polar surface area (TPSA) is 64.0 Å². The van der Waals surface area contributed by atoms with E-state index in [0.29, 0.717) is 5.69 Å². The fraction of sp³-hybridized carbons (Fsp3) is 0.267. The molecule has 0 atom stereocenters. The van der Waals surface area contributed by atoms with Gasteiger partial charge in [0.1, 0.15) is 5.69 Å². The summed E-state index contributed by atoms with van der Waals surface area (Å²) in [5.41, 5.74) is 1.77. The molecule has 2 rings (SSSR count). The summed E-state index contributed by atoms with van der Waals surface area (Å²) in [6, 6.07) is 10.2. The first kappa shape index (κ1) is 14.0. The Hall–Kier alpha value is -2.43. The summed E-state index contributed by atoms with van der Waals surface area (Å²) in [5, 5.41) is 6.85. The standard InChI is InChI=1S/C15H17N3O2/c1-10(2)18-14(19)8-7-13(17-18)15(20)16-12-6-4-5-11(3)9-12/h4-10H,1-3H3,(H,16,20). The monoisotopic (exact) mass is 271 g/mol. The van der Waals surface area contributed by atoms with Gasteiger partial charge in [0.25, 0.3) is 11.5 Å². The van der Waals surface area contributed by atoms with E-state index in [1.54, 1.807) is 0 Å². The molecule has 0 aliphatic carbocycles. The number of carbonyl (C=O) groups is 1. The number of amides is 1. The second-order valence-electron chi connectivity index (χ2n) is 4.92. The molecule has 0 unspecified atom stereocenters. The summed E-state index contributed by atoms with van der Waals surface area (Å²) < 4.78 is 1.30. The van der Waals surface area contributed by atoms with E-state index in [1.165, 1.54) is 16.8 Å². The minimum Gasteiger partial charge on any atom is -0.321 e. The van der Waals surface area contributed by atoms with Gasteiger partial charge in [-0.25, -0.2) is 4.68 Å². The molecule has 0 fully saturated rings. The maximum absolute atomic E-state index is 12.1. The number of aryl methyl sites for hydroxylation is 1. The molecule has 5 heteroatoms. The smallest absolute Gasteiger partial charge is 0.276 e. The molecule has 1 amide bonds. The van der Waals surface area contributed by atoms with Crippen molar-refractivity contribution in [3.63, 3.8) is 0 Å². The van der Waals surface area contributed by atoms with Crippen molar-refractivity contribution in [1.29, 1.82) is 0 Å². The molecule has 0 aliphatic heterocycles. The minimum absolute atomic E-state index is 0.0887. The predicted octanol–water partition coefficient (Wildman–Crippen LogP) is 2.38. The Labute approximate surface area is 117 Å². The molecule has 0 aliphatic rings. The molecular weight excluding hydrogens is 254 g/mol. The van der Waals surface area contributed by atoms with Gasteiger partial charge in [-0.05, 0) is 44.5 Å². The van der Waals surface area contributed by atoms with Gasteiger partial charge in [-0.15, -0.1) is 0 Å². The van der Waals surface area contributed by atoms with Crippen molar-refractivity contribution >= 4 is 11.6 Å². The molecule has 0 saturated heterocycles. The highest BCUT2D eigenvalue weighted by molar-refractivity contribution is 6.02. The predicted molar refractivity (Wildman–Crippen MR) is 78.0 cm³/mol. The Morgan fingerprint density at radius 3 is 2.65 bits per heavy atom. The van der Waals surface area contributed by atoms with Crippen molar-refractivity contribution in [3.05, 3.63) is 58.0 Å². The lowest BCUT2D eigenvalue weighted by Crippen LogP contribution is -2.27. The van der Waals surface area contributed by atoms with Crippen molar-refractivity contribution in [2.24, 2.45) is 0 Å². The van der Waals surface area contributed by atoms with Crippen LogP contribution in [0.5, 0.6) is 0 Å². The quantitative estimate of drug-likeness (QED) is 0.932. The maximum Gasteiger partial charge on any atom is 0.276 e. The highest BCUT2D eigenvalue weighted by Crippen LogP contribution is 2.10. The number of hydrogen-bond acceptors (Lipinski definition) is 3. The summed E-state index contributed by atoms with van der Waals surface area (Å²) in [7, 11) is 0. The molecule has 2 aromatic rings. The molecule has 0 bridgehead atoms. The van der Waals surface area contributed by atoms with E-state index in [2.05, 4.69) is 10.4 Å². The summed E-state index contributed by atoms with van der Waals surface area (Å²) in [5.74, 6) is -0.329. The van der Waals surface area contributed by atoms with E-state index in [1.807, 2.05) is 45.0 Å². The minimum atomic E-state index is -0.329. The van der Waals surface area contributed by atoms with Crippen molar-refractivity contribution in [2.45, 2.75) is 26.8 Å². The van der Waals surface area contributed by atoms with Crippen molar-refractivity contribution in [3.8, 4) is 0 Å². The van der Waals surface area contributed by atoms with Crippen LogP contribution in [0.1, 0.15) is 35.9 Å². The van der Waals surface area contributed by atoms with E-state index in [0.717, 1.165) is 5.56 Å². The third kappa shape index (κ3) is 3.12. The fourth-order valence-electron chi connectivity index (χ4n) is 1.83. The van der Waals surface area contributed by atoms with E-state index in [9.17, 15) is 9.59 Å². The normalized spacial score (nSPS) is 10.6. The SMILES string of the molecule is Cc1cccc(NC(=O)c2ccc(=O)n(C(C)C)n2)c1. The molecule has 1 aromatic carbocycles. The van der Waals surface area contributed by atoms with Crippen LogP contribution in [0, 0.1) is 6.92 Å². The van der Waals surface area contributed by atoms with Gasteiger partial charge in [0.2, 0.25) is 0 Å². The molecular formula is C15H17N3O2. The van der Waals surface area contributed by atoms with Crippen molar-refractivity contribution in [2.75, 3.05) is 5.32 Å². The Kier molecular flexibility index (Phi) is 3.98. The van der Waals surface area contributed by atoms with Crippen LogP contribution in [0.4, 0.5) is 5.69 Å². The Morgan fingerprint density at radius 1 is 1.25 bits per heavy atom. The zero-order valence-corrected chi connectivity index (χ0v) is 11.8. The second-order valence-corrected chi connectivity index (χ2v) is 4.92. The average molecular weight is 271 g/mol. The number of benzene rings is 1. The van der Waals surface area contributed by atoms with Crippen LogP contribution in [0.3, 0.4) is 0 Å². The van der Waals surface area contributed by atoms with Crippen LogP contribution in [0.25, 0.3) is 0 Å². The molecule has 0 spiro atoms. The zero-order chi connectivity index (χ0) is 14.7. The van der Waals surface area contributed by atoms with E-state index in [-0.39, 0.29) is 23.2 Å². The molecule has 5 nitrogen and oxygen atoms in total. The lowest BCUT2D eigenvalue weighted by Gasteiger charge is -2.10. The van der Waals surface area contributed by atoms with E-state index >= 15 is 0 Å². The lowest BCUT2D eigenvalue weighted by molar-refractivity contribution is 0.101. The van der Waals surface area contributed by atoms with Gasteiger partial charge in [-0.3, -0.25) is 9.59 Å². The summed E-state index contributed by atoms with van der Waals surface area (Å²) in [6.45, 7) is 5.64. The molecule has 104 valence electrons. The first-order valence-corrected chi connectivity index (χ1v) is 6.45. The van der Waals surface area contributed by atoms with E-state index < -0.39 is 0 Å². The molecule has 1 aromatic heterocycles. The molecule has 0 radical (unpaired) electrons. The van der Waals surface area contributed by atoms with Gasteiger partial charge >= 0.3 is 0 Å². The van der Waals surface area contributed by atoms with Crippen molar-refractivity contribution in [1.82, 2.24) is 9.78 Å². The second kappa shape index (κ2) is 5.69. The van der Waals surface area contributed by atoms with Crippen LogP contribution in [0.15, 0.2) is 41.2 Å². The van der Waals surface area contributed by atoms with Gasteiger partial charge in [0, 0.05) is 11.8 Å². The van der Waals surface area contributed by atoms with Crippen LogP contribution >= 0.6 is 0 Å². The third-order valence-corrected chi connectivity index (χ3v) is 2.82.